The number of nitrogens with zero attached hydrogens (tertiary/aromatic N) is 1. The maximum atomic E-state index is 13.4. The van der Waals surface area contributed by atoms with Crippen LogP contribution in [-0.2, 0) is 50.0 Å². The zero-order valence-electron chi connectivity index (χ0n) is 33.0. The van der Waals surface area contributed by atoms with Crippen LogP contribution in [0.1, 0.15) is 111 Å². The molecule has 3 unspecified atom stereocenters. The van der Waals surface area contributed by atoms with E-state index in [4.69, 9.17) is 28.4 Å². The fourth-order valence-corrected chi connectivity index (χ4v) is 10.5. The molecule has 5 aliphatic rings. The Morgan fingerprint density at radius 2 is 1.66 bits per heavy atom. The zero-order chi connectivity index (χ0) is 38.7. The average molecular weight is 742 g/mol. The Morgan fingerprint density at radius 1 is 1.02 bits per heavy atom. The molecule has 2 aliphatic heterocycles. The van der Waals surface area contributed by atoms with Crippen LogP contribution in [0.3, 0.4) is 0 Å². The number of hydrogen-bond acceptors (Lipinski definition) is 12. The molecule has 7 atom stereocenters. The van der Waals surface area contributed by atoms with Gasteiger partial charge in [-0.1, -0.05) is 33.8 Å². The molecular formula is C41H59NO11. The minimum absolute atomic E-state index is 0.176. The lowest BCUT2D eigenvalue weighted by atomic mass is 9.39. The molecule has 2 heterocycles. The van der Waals surface area contributed by atoms with E-state index in [0.29, 0.717) is 17.9 Å². The smallest absolute Gasteiger partial charge is 0.311 e. The third kappa shape index (κ3) is 6.54. The van der Waals surface area contributed by atoms with Gasteiger partial charge in [0, 0.05) is 50.4 Å². The van der Waals surface area contributed by atoms with Gasteiger partial charge < -0.3 is 33.5 Å². The molecule has 12 heteroatoms. The Balaban J connectivity index is 1.31. The standard InChI is InChI=1S/C41H59NO11/c1-10-41(48-9)32(38(7,47)37(4,5)6)20-29-30-19-27-13-14-31(36-35(27)40(29,39(41,8)53-36)17-18-42(30)21-26-11-12-26)52-34(46)16-15-33(45)51-28(22-49-24(2)43)23-50-25(3)44/h13-14,26,28-30,32,47H,10-12,15-23H2,1-9H3/t29?,30?,32-,38+,39+,40+,41?/m1/s1. The van der Waals surface area contributed by atoms with Crippen LogP contribution in [0.25, 0.3) is 0 Å². The van der Waals surface area contributed by atoms with Crippen molar-refractivity contribution in [3.05, 3.63) is 23.3 Å². The summed E-state index contributed by atoms with van der Waals surface area (Å²) < 4.78 is 35.3. The molecule has 294 valence electrons. The second-order valence-electron chi connectivity index (χ2n) is 17.4. The first-order chi connectivity index (χ1) is 24.8. The Kier molecular flexibility index (Phi) is 10.5. The largest absolute Gasteiger partial charge is 0.479 e. The molecule has 12 nitrogen and oxygen atoms in total. The minimum atomic E-state index is -1.10. The number of carbonyl (C=O) groups is 4. The molecular weight excluding hydrogens is 682 g/mol. The lowest BCUT2D eigenvalue weighted by Gasteiger charge is -2.70. The van der Waals surface area contributed by atoms with Crippen molar-refractivity contribution in [1.29, 1.82) is 0 Å². The predicted molar refractivity (Wildman–Crippen MR) is 193 cm³/mol. The molecule has 1 aromatic carbocycles. The summed E-state index contributed by atoms with van der Waals surface area (Å²) in [5, 5.41) is 12.6. The number of esters is 4. The van der Waals surface area contributed by atoms with Crippen molar-refractivity contribution in [1.82, 2.24) is 4.90 Å². The predicted octanol–water partition coefficient (Wildman–Crippen LogP) is 5.07. The van der Waals surface area contributed by atoms with Crippen LogP contribution in [0, 0.1) is 23.2 Å². The zero-order valence-corrected chi connectivity index (χ0v) is 33.0. The molecule has 3 fully saturated rings. The van der Waals surface area contributed by atoms with E-state index in [2.05, 4.69) is 45.6 Å². The summed E-state index contributed by atoms with van der Waals surface area (Å²) in [5.74, 6) is -1.01. The quantitative estimate of drug-likeness (QED) is 0.154. The number of aliphatic hydroxyl groups is 1. The van der Waals surface area contributed by atoms with Crippen molar-refractivity contribution in [2.24, 2.45) is 23.2 Å². The van der Waals surface area contributed by atoms with Gasteiger partial charge in [0.1, 0.15) is 24.4 Å². The molecule has 1 N–H and O–H groups in total. The summed E-state index contributed by atoms with van der Waals surface area (Å²) in [6.07, 6.45) is 4.05. The van der Waals surface area contributed by atoms with E-state index in [-0.39, 0.29) is 43.9 Å². The Hall–Kier alpha value is -3.22. The van der Waals surface area contributed by atoms with Crippen LogP contribution in [0.2, 0.25) is 0 Å². The van der Waals surface area contributed by atoms with Crippen LogP contribution < -0.4 is 9.47 Å². The molecule has 2 saturated carbocycles. The van der Waals surface area contributed by atoms with Crippen LogP contribution in [0.4, 0.5) is 0 Å². The number of likely N-dealkylation sites (tertiary alicyclic amines) is 1. The van der Waals surface area contributed by atoms with Crippen LogP contribution in [0.15, 0.2) is 12.1 Å². The van der Waals surface area contributed by atoms with Crippen molar-refractivity contribution in [3.63, 3.8) is 0 Å². The Morgan fingerprint density at radius 3 is 2.23 bits per heavy atom. The van der Waals surface area contributed by atoms with Crippen molar-refractivity contribution < 1.29 is 52.7 Å². The number of methoxy groups -OCH3 is 1. The number of ether oxygens (including phenoxy) is 6. The first-order valence-electron chi connectivity index (χ1n) is 19.4. The summed E-state index contributed by atoms with van der Waals surface area (Å²) in [5.41, 5.74) is -1.48. The van der Waals surface area contributed by atoms with Crippen molar-refractivity contribution >= 4 is 23.9 Å². The first-order valence-corrected chi connectivity index (χ1v) is 19.4. The fraction of sp³-hybridized carbons (Fsp3) is 0.756. The fourth-order valence-electron chi connectivity index (χ4n) is 10.5. The van der Waals surface area contributed by atoms with E-state index in [1.807, 2.05) is 6.92 Å². The number of hydrogen-bond donors (Lipinski definition) is 1. The highest BCUT2D eigenvalue weighted by Crippen LogP contribution is 2.73. The second-order valence-corrected chi connectivity index (χ2v) is 17.4. The summed E-state index contributed by atoms with van der Waals surface area (Å²) >= 11 is 0. The van der Waals surface area contributed by atoms with E-state index >= 15 is 0 Å². The molecule has 1 spiro atoms. The molecule has 0 radical (unpaired) electrons. The summed E-state index contributed by atoms with van der Waals surface area (Å²) in [7, 11) is 1.75. The van der Waals surface area contributed by atoms with Gasteiger partial charge in [-0.25, -0.2) is 0 Å². The highest BCUT2D eigenvalue weighted by atomic mass is 16.6. The Labute approximate surface area is 313 Å². The number of piperidine rings is 1. The third-order valence-corrected chi connectivity index (χ3v) is 13.7. The van der Waals surface area contributed by atoms with Crippen LogP contribution in [0.5, 0.6) is 11.5 Å². The van der Waals surface area contributed by atoms with Crippen LogP contribution in [-0.4, -0.2) is 96.2 Å². The van der Waals surface area contributed by atoms with E-state index in [9.17, 15) is 24.3 Å². The summed E-state index contributed by atoms with van der Waals surface area (Å²) in [6.45, 7) is 16.4. The molecule has 0 aromatic heterocycles. The number of carbonyl (C=O) groups excluding carboxylic acids is 4. The molecule has 53 heavy (non-hydrogen) atoms. The van der Waals surface area contributed by atoms with E-state index < -0.39 is 57.6 Å². The summed E-state index contributed by atoms with van der Waals surface area (Å²) in [4.78, 5) is 51.5. The minimum Gasteiger partial charge on any atom is -0.479 e. The highest BCUT2D eigenvalue weighted by molar-refractivity contribution is 5.80. The molecule has 1 aromatic rings. The van der Waals surface area contributed by atoms with Crippen molar-refractivity contribution in [2.45, 2.75) is 141 Å². The van der Waals surface area contributed by atoms with E-state index in [0.717, 1.165) is 43.8 Å². The molecule has 6 rings (SSSR count). The lowest BCUT2D eigenvalue weighted by Crippen LogP contribution is -2.81. The molecule has 2 bridgehead atoms. The Bertz CT molecular complexity index is 1590. The lowest BCUT2D eigenvalue weighted by molar-refractivity contribution is -0.292. The SMILES string of the molecule is CCC1(OC)[C@@H]([C@](C)(O)C(C)(C)C)CC2C3Cc4ccc(OC(=O)CCC(=O)OC(COC(C)=O)COC(C)=O)c5c4[C@@]2(CCN3CC2CC2)[C@]1(C)O5. The van der Waals surface area contributed by atoms with Gasteiger partial charge in [0.05, 0.1) is 18.4 Å². The maximum absolute atomic E-state index is 13.4. The van der Waals surface area contributed by atoms with E-state index in [1.165, 1.54) is 32.3 Å². The third-order valence-electron chi connectivity index (χ3n) is 13.7. The van der Waals surface area contributed by atoms with Gasteiger partial charge in [-0.15, -0.1) is 0 Å². The molecule has 1 saturated heterocycles. The van der Waals surface area contributed by atoms with E-state index in [1.54, 1.807) is 13.2 Å². The number of benzene rings is 1. The van der Waals surface area contributed by atoms with Crippen molar-refractivity contribution in [3.8, 4) is 11.5 Å². The van der Waals surface area contributed by atoms with Gasteiger partial charge in [-0.3, -0.25) is 24.1 Å². The number of rotatable bonds is 14. The monoisotopic (exact) mass is 741 g/mol. The second kappa shape index (κ2) is 14.1. The van der Waals surface area contributed by atoms with Gasteiger partial charge in [-0.05, 0) is 87.8 Å². The van der Waals surface area contributed by atoms with Gasteiger partial charge in [0.2, 0.25) is 0 Å². The summed E-state index contributed by atoms with van der Waals surface area (Å²) in [6, 6.07) is 4.16. The maximum Gasteiger partial charge on any atom is 0.311 e. The van der Waals surface area contributed by atoms with Gasteiger partial charge in [0.15, 0.2) is 17.6 Å². The van der Waals surface area contributed by atoms with Gasteiger partial charge in [0.25, 0.3) is 0 Å². The molecule has 3 aliphatic carbocycles. The first kappa shape index (κ1) is 39.5. The van der Waals surface area contributed by atoms with Gasteiger partial charge in [-0.2, -0.15) is 0 Å². The van der Waals surface area contributed by atoms with Crippen molar-refractivity contribution in [2.75, 3.05) is 33.4 Å². The normalized spacial score (nSPS) is 31.2. The molecule has 0 amide bonds. The van der Waals surface area contributed by atoms with Crippen LogP contribution >= 0.6 is 0 Å². The topological polar surface area (TPSA) is 147 Å². The average Bonchev–Trinajstić information content (AvgIpc) is 3.86. The highest BCUT2D eigenvalue weighted by Gasteiger charge is 2.79. The van der Waals surface area contributed by atoms with Gasteiger partial charge >= 0.3 is 23.9 Å².